The van der Waals surface area contributed by atoms with Crippen molar-refractivity contribution in [2.75, 3.05) is 5.32 Å². The number of nitrogens with zero attached hydrogens (tertiary/aromatic N) is 3. The van der Waals surface area contributed by atoms with Crippen molar-refractivity contribution in [3.8, 4) is 17.3 Å². The summed E-state index contributed by atoms with van der Waals surface area (Å²) in [5, 5.41) is 26.6. The standard InChI is InChI=1S/C22H14N4O4S/c1-13-7-21(27)30-20-9-16(5-6-18(13)20)24-11-15(10-23)22-25-19(12-31-22)14-3-2-4-17(8-14)26(28)29/h2-9,11-12,24H,1H3. The van der Waals surface area contributed by atoms with Crippen molar-refractivity contribution in [1.82, 2.24) is 4.98 Å². The third-order valence-electron chi connectivity index (χ3n) is 4.54. The molecule has 8 nitrogen and oxygen atoms in total. The smallest absolute Gasteiger partial charge is 0.336 e. The Morgan fingerprint density at radius 3 is 2.90 bits per heavy atom. The number of nitriles is 1. The number of aryl methyl sites for hydroxylation is 1. The molecular formula is C22H14N4O4S. The Morgan fingerprint density at radius 2 is 2.13 bits per heavy atom. The van der Waals surface area contributed by atoms with Crippen LogP contribution < -0.4 is 10.9 Å². The summed E-state index contributed by atoms with van der Waals surface area (Å²) in [5.41, 5.74) is 2.91. The lowest BCUT2D eigenvalue weighted by Crippen LogP contribution is -1.98. The van der Waals surface area contributed by atoms with Crippen molar-refractivity contribution >= 4 is 39.3 Å². The average Bonchev–Trinajstić information content (AvgIpc) is 3.24. The molecule has 0 radical (unpaired) electrons. The van der Waals surface area contributed by atoms with Crippen molar-refractivity contribution in [3.63, 3.8) is 0 Å². The van der Waals surface area contributed by atoms with Crippen molar-refractivity contribution < 1.29 is 9.34 Å². The summed E-state index contributed by atoms with van der Waals surface area (Å²) in [4.78, 5) is 26.6. The van der Waals surface area contributed by atoms with Gasteiger partial charge in [-0.2, -0.15) is 5.26 Å². The van der Waals surface area contributed by atoms with E-state index < -0.39 is 10.5 Å². The number of benzene rings is 2. The molecule has 1 N–H and O–H groups in total. The average molecular weight is 430 g/mol. The summed E-state index contributed by atoms with van der Waals surface area (Å²) in [6.45, 7) is 1.83. The molecule has 0 aliphatic rings. The Kier molecular flexibility index (Phi) is 5.30. The number of nitrogens with one attached hydrogen (secondary N) is 1. The van der Waals surface area contributed by atoms with Crippen LogP contribution in [0.25, 0.3) is 27.8 Å². The van der Waals surface area contributed by atoms with Crippen molar-refractivity contribution in [1.29, 1.82) is 5.26 Å². The highest BCUT2D eigenvalue weighted by Gasteiger charge is 2.12. The molecule has 0 bridgehead atoms. The lowest BCUT2D eigenvalue weighted by atomic mass is 10.1. The van der Waals surface area contributed by atoms with E-state index in [1.165, 1.54) is 35.7 Å². The summed E-state index contributed by atoms with van der Waals surface area (Å²) in [6, 6.07) is 15.0. The van der Waals surface area contributed by atoms with E-state index in [1.54, 1.807) is 23.6 Å². The quantitative estimate of drug-likeness (QED) is 0.202. The number of anilines is 1. The highest BCUT2D eigenvalue weighted by atomic mass is 32.1. The minimum atomic E-state index is -0.464. The van der Waals surface area contributed by atoms with Crippen molar-refractivity contribution in [2.45, 2.75) is 6.92 Å². The van der Waals surface area contributed by atoms with Gasteiger partial charge in [0.25, 0.3) is 5.69 Å². The maximum atomic E-state index is 11.6. The number of aromatic nitrogens is 1. The van der Waals surface area contributed by atoms with E-state index in [-0.39, 0.29) is 5.69 Å². The summed E-state index contributed by atoms with van der Waals surface area (Å²) < 4.78 is 5.24. The lowest BCUT2D eigenvalue weighted by molar-refractivity contribution is -0.384. The molecule has 2 aromatic heterocycles. The molecule has 9 heteroatoms. The van der Waals surface area contributed by atoms with Crippen LogP contribution in [-0.4, -0.2) is 9.91 Å². The molecule has 31 heavy (non-hydrogen) atoms. The van der Waals surface area contributed by atoms with Gasteiger partial charge < -0.3 is 9.73 Å². The second-order valence-corrected chi connectivity index (χ2v) is 7.48. The highest BCUT2D eigenvalue weighted by Crippen LogP contribution is 2.28. The SMILES string of the molecule is Cc1cc(=O)oc2cc(NC=C(C#N)c3nc(-c4cccc([N+](=O)[O-])c4)cs3)ccc12. The molecule has 4 aromatic rings. The number of thiazole rings is 1. The molecule has 4 rings (SSSR count). The fourth-order valence-electron chi connectivity index (χ4n) is 3.02. The second kappa shape index (κ2) is 8.22. The van der Waals surface area contributed by atoms with Crippen LogP contribution in [0.2, 0.25) is 0 Å². The molecule has 0 saturated heterocycles. The number of hydrogen-bond donors (Lipinski definition) is 1. The molecule has 0 saturated carbocycles. The first-order valence-electron chi connectivity index (χ1n) is 9.06. The zero-order valence-corrected chi connectivity index (χ0v) is 17.0. The van der Waals surface area contributed by atoms with Gasteiger partial charge in [-0.15, -0.1) is 11.3 Å². The van der Waals surface area contributed by atoms with Crippen LogP contribution in [0.1, 0.15) is 10.6 Å². The molecule has 0 fully saturated rings. The maximum absolute atomic E-state index is 11.6. The Labute approximate surface area is 179 Å². The minimum absolute atomic E-state index is 0.0250. The first-order valence-corrected chi connectivity index (χ1v) is 9.94. The Bertz CT molecular complexity index is 1450. The van der Waals surface area contributed by atoms with Crippen LogP contribution in [0.5, 0.6) is 0 Å². The van der Waals surface area contributed by atoms with E-state index in [1.807, 2.05) is 19.1 Å². The van der Waals surface area contributed by atoms with Crippen LogP contribution in [-0.2, 0) is 0 Å². The van der Waals surface area contributed by atoms with Crippen LogP contribution in [0.15, 0.2) is 69.3 Å². The molecule has 0 atom stereocenters. The predicted molar refractivity (Wildman–Crippen MR) is 119 cm³/mol. The lowest BCUT2D eigenvalue weighted by Gasteiger charge is -2.05. The van der Waals surface area contributed by atoms with Gasteiger partial charge in [0.15, 0.2) is 0 Å². The Morgan fingerprint density at radius 1 is 1.29 bits per heavy atom. The number of hydrogen-bond acceptors (Lipinski definition) is 8. The largest absolute Gasteiger partial charge is 0.423 e. The Hall–Kier alpha value is -4.29. The van der Waals surface area contributed by atoms with Crippen LogP contribution >= 0.6 is 11.3 Å². The van der Waals surface area contributed by atoms with Crippen molar-refractivity contribution in [3.05, 3.63) is 91.2 Å². The monoisotopic (exact) mass is 430 g/mol. The van der Waals surface area contributed by atoms with E-state index in [0.717, 1.165) is 10.9 Å². The molecule has 2 aromatic carbocycles. The van der Waals surface area contributed by atoms with Gasteiger partial charge in [0.2, 0.25) is 0 Å². The van der Waals surface area contributed by atoms with Crippen molar-refractivity contribution in [2.24, 2.45) is 0 Å². The molecule has 0 aliphatic heterocycles. The van der Waals surface area contributed by atoms with Gasteiger partial charge in [-0.1, -0.05) is 12.1 Å². The number of fused-ring (bicyclic) bond motifs is 1. The van der Waals surface area contributed by atoms with Gasteiger partial charge in [-0.25, -0.2) is 9.78 Å². The fourth-order valence-corrected chi connectivity index (χ4v) is 3.82. The summed E-state index contributed by atoms with van der Waals surface area (Å²) in [6.07, 6.45) is 1.52. The molecule has 0 spiro atoms. The van der Waals surface area contributed by atoms with E-state index in [0.29, 0.717) is 33.1 Å². The zero-order valence-electron chi connectivity index (χ0n) is 16.2. The van der Waals surface area contributed by atoms with Crippen LogP contribution in [0.4, 0.5) is 11.4 Å². The first kappa shape index (κ1) is 20.0. The maximum Gasteiger partial charge on any atom is 0.336 e. The normalized spacial score (nSPS) is 11.3. The summed E-state index contributed by atoms with van der Waals surface area (Å²) in [5.74, 6) is 0. The third-order valence-corrected chi connectivity index (χ3v) is 5.42. The summed E-state index contributed by atoms with van der Waals surface area (Å²) in [7, 11) is 0. The third kappa shape index (κ3) is 4.19. The number of non-ortho nitro benzene ring substituents is 1. The topological polar surface area (TPSA) is 122 Å². The molecule has 0 aliphatic carbocycles. The van der Waals surface area contributed by atoms with Crippen LogP contribution in [0.3, 0.4) is 0 Å². The van der Waals surface area contributed by atoms with Gasteiger partial charge in [0.1, 0.15) is 22.2 Å². The van der Waals surface area contributed by atoms with E-state index >= 15 is 0 Å². The minimum Gasteiger partial charge on any atom is -0.423 e. The van der Waals surface area contributed by atoms with E-state index in [9.17, 15) is 20.2 Å². The molecule has 152 valence electrons. The van der Waals surface area contributed by atoms with E-state index in [2.05, 4.69) is 16.4 Å². The fraction of sp³-hybridized carbons (Fsp3) is 0.0455. The number of nitro groups is 1. The number of rotatable bonds is 5. The summed E-state index contributed by atoms with van der Waals surface area (Å²) >= 11 is 1.26. The predicted octanol–water partition coefficient (Wildman–Crippen LogP) is 5.11. The van der Waals surface area contributed by atoms with Gasteiger partial charge >= 0.3 is 5.63 Å². The zero-order chi connectivity index (χ0) is 22.0. The Balaban J connectivity index is 1.61. The molecular weight excluding hydrogens is 416 g/mol. The van der Waals surface area contributed by atoms with Gasteiger partial charge in [-0.3, -0.25) is 10.1 Å². The molecule has 0 amide bonds. The first-order chi connectivity index (χ1) is 14.9. The molecule has 0 unspecified atom stereocenters. The van der Waals surface area contributed by atoms with Gasteiger partial charge in [0.05, 0.1) is 10.6 Å². The number of nitro benzene ring substituents is 1. The second-order valence-electron chi connectivity index (χ2n) is 6.62. The highest BCUT2D eigenvalue weighted by molar-refractivity contribution is 7.11. The van der Waals surface area contributed by atoms with E-state index in [4.69, 9.17) is 4.42 Å². The van der Waals surface area contributed by atoms with Gasteiger partial charge in [0, 0.05) is 52.5 Å². The molecule has 2 heterocycles. The number of allylic oxidation sites excluding steroid dienone is 1. The van der Waals surface area contributed by atoms with Gasteiger partial charge in [-0.05, 0) is 24.6 Å². The van der Waals surface area contributed by atoms with Crippen LogP contribution in [0, 0.1) is 28.4 Å².